The highest BCUT2D eigenvalue weighted by Gasteiger charge is 2.22. The summed E-state index contributed by atoms with van der Waals surface area (Å²) in [6, 6.07) is 3.30. The predicted molar refractivity (Wildman–Crippen MR) is 79.6 cm³/mol. The monoisotopic (exact) mass is 284 g/mol. The van der Waals surface area contributed by atoms with Crippen molar-refractivity contribution >= 4 is 15.7 Å². The molecule has 0 radical (unpaired) electrons. The predicted octanol–water partition coefficient (Wildman–Crippen LogP) is 2.60. The smallest absolute Gasteiger partial charge is 0.240 e. The van der Waals surface area contributed by atoms with Crippen molar-refractivity contribution in [2.24, 2.45) is 5.41 Å². The number of aryl methyl sites for hydroxylation is 1. The van der Waals surface area contributed by atoms with Crippen LogP contribution in [0.5, 0.6) is 0 Å². The van der Waals surface area contributed by atoms with Crippen molar-refractivity contribution in [3.63, 3.8) is 0 Å². The third-order valence-electron chi connectivity index (χ3n) is 3.63. The number of sulfonamides is 1. The minimum Gasteiger partial charge on any atom is -0.399 e. The summed E-state index contributed by atoms with van der Waals surface area (Å²) >= 11 is 0. The first kappa shape index (κ1) is 16.0. The summed E-state index contributed by atoms with van der Waals surface area (Å²) < 4.78 is 27.4. The van der Waals surface area contributed by atoms with E-state index in [0.717, 1.165) is 17.5 Å². The maximum atomic E-state index is 12.4. The minimum absolute atomic E-state index is 0.0592. The highest BCUT2D eigenvalue weighted by atomic mass is 32.2. The van der Waals surface area contributed by atoms with Gasteiger partial charge in [0.2, 0.25) is 10.0 Å². The number of nitrogens with two attached hydrogens (primary N) is 1. The molecule has 0 aromatic heterocycles. The lowest BCUT2D eigenvalue weighted by molar-refractivity contribution is 0.350. The van der Waals surface area contributed by atoms with Gasteiger partial charge in [-0.2, -0.15) is 0 Å². The Bertz CT molecular complexity index is 563. The first-order chi connectivity index (χ1) is 8.59. The molecule has 0 aliphatic rings. The molecular weight excluding hydrogens is 260 g/mol. The van der Waals surface area contributed by atoms with Crippen LogP contribution in [0.3, 0.4) is 0 Å². The molecule has 0 amide bonds. The zero-order valence-corrected chi connectivity index (χ0v) is 13.2. The van der Waals surface area contributed by atoms with E-state index < -0.39 is 10.0 Å². The van der Waals surface area contributed by atoms with Crippen molar-refractivity contribution in [3.8, 4) is 0 Å². The Morgan fingerprint density at radius 3 is 2.37 bits per heavy atom. The van der Waals surface area contributed by atoms with E-state index >= 15 is 0 Å². The summed E-state index contributed by atoms with van der Waals surface area (Å²) in [4.78, 5) is 0.275. The number of benzene rings is 1. The number of nitrogen functional groups attached to an aromatic ring is 1. The fourth-order valence-electron chi connectivity index (χ4n) is 1.63. The van der Waals surface area contributed by atoms with Gasteiger partial charge in [-0.3, -0.25) is 0 Å². The van der Waals surface area contributed by atoms with Gasteiger partial charge in [0.25, 0.3) is 0 Å². The Labute approximate surface area is 116 Å². The summed E-state index contributed by atoms with van der Waals surface area (Å²) in [7, 11) is -3.51. The van der Waals surface area contributed by atoms with Crippen LogP contribution in [0.15, 0.2) is 17.0 Å². The molecule has 0 heterocycles. The van der Waals surface area contributed by atoms with Gasteiger partial charge in [0, 0.05) is 12.2 Å². The van der Waals surface area contributed by atoms with Gasteiger partial charge in [0.05, 0.1) is 4.90 Å². The molecule has 1 aromatic rings. The van der Waals surface area contributed by atoms with E-state index in [2.05, 4.69) is 4.72 Å². The van der Waals surface area contributed by atoms with Crippen molar-refractivity contribution < 1.29 is 8.42 Å². The molecule has 1 aromatic carbocycles. The standard InChI is InChI=1S/C14H24N2O2S/c1-6-14(4,5)9-16-19(17,18)13-8-12(15)7-10(2)11(13)3/h7-8,16H,6,9,15H2,1-5H3. The molecule has 19 heavy (non-hydrogen) atoms. The van der Waals surface area contributed by atoms with Gasteiger partial charge in [-0.05, 0) is 48.9 Å². The third kappa shape index (κ3) is 3.94. The van der Waals surface area contributed by atoms with E-state index in [1.165, 1.54) is 6.07 Å². The molecule has 0 fully saturated rings. The van der Waals surface area contributed by atoms with Crippen LogP contribution in [0, 0.1) is 19.3 Å². The number of anilines is 1. The number of hydrogen-bond donors (Lipinski definition) is 2. The number of nitrogens with one attached hydrogen (secondary N) is 1. The largest absolute Gasteiger partial charge is 0.399 e. The SMILES string of the molecule is CCC(C)(C)CNS(=O)(=O)c1cc(N)cc(C)c1C. The van der Waals surface area contributed by atoms with Gasteiger partial charge in [-0.25, -0.2) is 13.1 Å². The van der Waals surface area contributed by atoms with E-state index in [-0.39, 0.29) is 10.3 Å². The van der Waals surface area contributed by atoms with E-state index in [9.17, 15) is 8.42 Å². The highest BCUT2D eigenvalue weighted by Crippen LogP contribution is 2.24. The molecule has 0 saturated heterocycles. The molecule has 0 bridgehead atoms. The molecule has 0 aliphatic heterocycles. The van der Waals surface area contributed by atoms with Crippen LogP contribution in [0.2, 0.25) is 0 Å². The lowest BCUT2D eigenvalue weighted by atomic mass is 9.91. The number of hydrogen-bond acceptors (Lipinski definition) is 3. The summed E-state index contributed by atoms with van der Waals surface area (Å²) in [6.45, 7) is 10.2. The fourth-order valence-corrected chi connectivity index (χ4v) is 3.22. The first-order valence-corrected chi connectivity index (χ1v) is 7.94. The average molecular weight is 284 g/mol. The Balaban J connectivity index is 3.08. The second kappa shape index (κ2) is 5.51. The maximum Gasteiger partial charge on any atom is 0.240 e. The highest BCUT2D eigenvalue weighted by molar-refractivity contribution is 7.89. The number of rotatable bonds is 5. The Hall–Kier alpha value is -1.07. The maximum absolute atomic E-state index is 12.4. The second-order valence-electron chi connectivity index (χ2n) is 5.80. The van der Waals surface area contributed by atoms with Crippen LogP contribution in [0.4, 0.5) is 5.69 Å². The third-order valence-corrected chi connectivity index (χ3v) is 5.16. The summed E-state index contributed by atoms with van der Waals surface area (Å²) in [6.07, 6.45) is 0.907. The Morgan fingerprint density at radius 1 is 1.26 bits per heavy atom. The summed E-state index contributed by atoms with van der Waals surface area (Å²) in [5.74, 6) is 0. The summed E-state index contributed by atoms with van der Waals surface area (Å²) in [5.41, 5.74) is 7.78. The van der Waals surface area contributed by atoms with Gasteiger partial charge in [0.15, 0.2) is 0 Å². The van der Waals surface area contributed by atoms with E-state index in [0.29, 0.717) is 12.2 Å². The van der Waals surface area contributed by atoms with Gasteiger partial charge in [0.1, 0.15) is 0 Å². The molecule has 0 atom stereocenters. The van der Waals surface area contributed by atoms with Gasteiger partial charge >= 0.3 is 0 Å². The molecule has 0 saturated carbocycles. The summed E-state index contributed by atoms with van der Waals surface area (Å²) in [5, 5.41) is 0. The molecule has 0 spiro atoms. The van der Waals surface area contributed by atoms with Crippen molar-refractivity contribution in [2.45, 2.75) is 45.9 Å². The molecule has 5 heteroatoms. The van der Waals surface area contributed by atoms with Gasteiger partial charge in [-0.15, -0.1) is 0 Å². The molecule has 0 unspecified atom stereocenters. The van der Waals surface area contributed by atoms with Gasteiger partial charge < -0.3 is 5.73 Å². The lowest BCUT2D eigenvalue weighted by Crippen LogP contribution is -2.34. The molecule has 4 nitrogen and oxygen atoms in total. The zero-order valence-electron chi connectivity index (χ0n) is 12.4. The lowest BCUT2D eigenvalue weighted by Gasteiger charge is -2.23. The van der Waals surface area contributed by atoms with Crippen molar-refractivity contribution in [3.05, 3.63) is 23.3 Å². The molecular formula is C14H24N2O2S. The fraction of sp³-hybridized carbons (Fsp3) is 0.571. The van der Waals surface area contributed by atoms with Crippen molar-refractivity contribution in [1.82, 2.24) is 4.72 Å². The van der Waals surface area contributed by atoms with Gasteiger partial charge in [-0.1, -0.05) is 20.8 Å². The minimum atomic E-state index is -3.51. The van der Waals surface area contributed by atoms with E-state index in [1.807, 2.05) is 27.7 Å². The second-order valence-corrected chi connectivity index (χ2v) is 7.54. The quantitative estimate of drug-likeness (QED) is 0.816. The normalized spacial score (nSPS) is 12.7. The van der Waals surface area contributed by atoms with Crippen molar-refractivity contribution in [1.29, 1.82) is 0 Å². The van der Waals surface area contributed by atoms with Crippen molar-refractivity contribution in [2.75, 3.05) is 12.3 Å². The Kier molecular flexibility index (Phi) is 4.63. The van der Waals surface area contributed by atoms with Crippen LogP contribution in [0.1, 0.15) is 38.3 Å². The molecule has 108 valence electrons. The van der Waals surface area contributed by atoms with Crippen LogP contribution >= 0.6 is 0 Å². The van der Waals surface area contributed by atoms with Crippen LogP contribution in [0.25, 0.3) is 0 Å². The zero-order chi connectivity index (χ0) is 14.8. The van der Waals surface area contributed by atoms with E-state index in [1.54, 1.807) is 13.0 Å². The first-order valence-electron chi connectivity index (χ1n) is 6.45. The van der Waals surface area contributed by atoms with E-state index in [4.69, 9.17) is 5.73 Å². The molecule has 0 aliphatic carbocycles. The Morgan fingerprint density at radius 2 is 1.84 bits per heavy atom. The molecule has 3 N–H and O–H groups in total. The average Bonchev–Trinajstić information content (AvgIpc) is 2.31. The molecule has 1 rings (SSSR count). The van der Waals surface area contributed by atoms with Crippen LogP contribution in [-0.4, -0.2) is 15.0 Å². The van der Waals surface area contributed by atoms with Crippen LogP contribution < -0.4 is 10.5 Å². The topological polar surface area (TPSA) is 72.2 Å². The van der Waals surface area contributed by atoms with Crippen LogP contribution in [-0.2, 0) is 10.0 Å².